The SMILES string of the molecule is COC(=O)c1ccc(CN2C(=O)NC(=Cc3cccn3-c3ccc([N+](=O)[O-])cc3)C2=O)o1. The van der Waals surface area contributed by atoms with Crippen LogP contribution in [0.1, 0.15) is 22.0 Å². The van der Waals surface area contributed by atoms with Gasteiger partial charge < -0.3 is 19.0 Å². The van der Waals surface area contributed by atoms with Crippen molar-refractivity contribution >= 4 is 29.7 Å². The van der Waals surface area contributed by atoms with Gasteiger partial charge in [0.15, 0.2) is 0 Å². The maximum absolute atomic E-state index is 12.8. The van der Waals surface area contributed by atoms with Gasteiger partial charge in [0.1, 0.15) is 11.5 Å². The summed E-state index contributed by atoms with van der Waals surface area (Å²) >= 11 is 0. The van der Waals surface area contributed by atoms with Crippen LogP contribution in [0, 0.1) is 10.1 Å². The van der Waals surface area contributed by atoms with E-state index in [0.717, 1.165) is 4.90 Å². The summed E-state index contributed by atoms with van der Waals surface area (Å²) in [6.45, 7) is -0.164. The monoisotopic (exact) mass is 436 g/mol. The van der Waals surface area contributed by atoms with E-state index in [1.165, 1.54) is 37.5 Å². The van der Waals surface area contributed by atoms with Crippen molar-refractivity contribution in [3.05, 3.63) is 87.8 Å². The number of aromatic nitrogens is 1. The number of carbonyl (C=O) groups excluding carboxylic acids is 3. The summed E-state index contributed by atoms with van der Waals surface area (Å²) < 4.78 is 11.6. The van der Waals surface area contributed by atoms with Gasteiger partial charge in [-0.3, -0.25) is 19.8 Å². The van der Waals surface area contributed by atoms with Crippen LogP contribution in [0.25, 0.3) is 11.8 Å². The van der Waals surface area contributed by atoms with Crippen LogP contribution in [0.2, 0.25) is 0 Å². The minimum Gasteiger partial charge on any atom is -0.463 e. The third-order valence-electron chi connectivity index (χ3n) is 4.74. The molecule has 0 saturated carbocycles. The molecular weight excluding hydrogens is 420 g/mol. The first-order valence-electron chi connectivity index (χ1n) is 9.31. The molecule has 3 heterocycles. The fraction of sp³-hybridized carbons (Fsp3) is 0.0952. The van der Waals surface area contributed by atoms with Crippen LogP contribution in [-0.2, 0) is 16.1 Å². The number of non-ortho nitro benzene ring substituents is 1. The first kappa shape index (κ1) is 20.6. The van der Waals surface area contributed by atoms with Crippen molar-refractivity contribution in [1.82, 2.24) is 14.8 Å². The number of urea groups is 1. The molecule has 0 radical (unpaired) electrons. The lowest BCUT2D eigenvalue weighted by Gasteiger charge is -2.09. The van der Waals surface area contributed by atoms with E-state index >= 15 is 0 Å². The molecule has 11 heteroatoms. The number of nitro groups is 1. The summed E-state index contributed by atoms with van der Waals surface area (Å²) in [5, 5.41) is 13.4. The van der Waals surface area contributed by atoms with E-state index < -0.39 is 22.8 Å². The van der Waals surface area contributed by atoms with Gasteiger partial charge in [-0.25, -0.2) is 9.59 Å². The zero-order chi connectivity index (χ0) is 22.8. The number of furan rings is 1. The molecule has 1 N–H and O–H groups in total. The second kappa shape index (κ2) is 8.22. The van der Waals surface area contributed by atoms with Crippen LogP contribution < -0.4 is 5.32 Å². The molecule has 4 rings (SSSR count). The molecule has 0 atom stereocenters. The number of hydrogen-bond donors (Lipinski definition) is 1. The van der Waals surface area contributed by atoms with Crippen molar-refractivity contribution in [2.24, 2.45) is 0 Å². The molecule has 1 fully saturated rings. The number of carbonyl (C=O) groups is 3. The molecule has 3 amide bonds. The number of nitro benzene ring substituents is 1. The molecule has 11 nitrogen and oxygen atoms in total. The van der Waals surface area contributed by atoms with E-state index in [-0.39, 0.29) is 29.4 Å². The third kappa shape index (κ3) is 3.86. The first-order chi connectivity index (χ1) is 15.4. The van der Waals surface area contributed by atoms with Crippen LogP contribution in [0.3, 0.4) is 0 Å². The Bertz CT molecular complexity index is 1250. The molecule has 0 aliphatic carbocycles. The lowest BCUT2D eigenvalue weighted by atomic mass is 10.2. The van der Waals surface area contributed by atoms with Crippen molar-refractivity contribution in [3.8, 4) is 5.69 Å². The number of methoxy groups -OCH3 is 1. The maximum atomic E-state index is 12.8. The largest absolute Gasteiger partial charge is 0.463 e. The Labute approximate surface area is 180 Å². The zero-order valence-corrected chi connectivity index (χ0v) is 16.7. The highest BCUT2D eigenvalue weighted by atomic mass is 16.6. The lowest BCUT2D eigenvalue weighted by Crippen LogP contribution is -2.30. The Morgan fingerprint density at radius 2 is 1.94 bits per heavy atom. The van der Waals surface area contributed by atoms with Crippen LogP contribution >= 0.6 is 0 Å². The van der Waals surface area contributed by atoms with Crippen molar-refractivity contribution in [2.75, 3.05) is 7.11 Å². The molecular formula is C21H16N4O7. The second-order valence-electron chi connectivity index (χ2n) is 6.71. The molecule has 32 heavy (non-hydrogen) atoms. The number of amides is 3. The number of imide groups is 1. The zero-order valence-electron chi connectivity index (χ0n) is 16.7. The number of rotatable bonds is 6. The minimum absolute atomic E-state index is 0.0359. The predicted octanol–water partition coefficient (Wildman–Crippen LogP) is 2.86. The molecule has 162 valence electrons. The number of benzene rings is 1. The normalized spacial score (nSPS) is 14.7. The standard InChI is InChI=1S/C21H16N4O7/c1-31-20(27)18-9-8-16(32-18)12-24-19(26)17(22-21(24)28)11-15-3-2-10-23(15)13-4-6-14(7-5-13)25(29)30/h2-11H,12H2,1H3,(H,22,28). The third-order valence-corrected chi connectivity index (χ3v) is 4.74. The Morgan fingerprint density at radius 1 is 1.19 bits per heavy atom. The van der Waals surface area contributed by atoms with E-state index in [0.29, 0.717) is 11.4 Å². The minimum atomic E-state index is -0.666. The Balaban J connectivity index is 1.55. The number of hydrogen-bond acceptors (Lipinski definition) is 7. The Morgan fingerprint density at radius 3 is 2.62 bits per heavy atom. The molecule has 1 aliphatic heterocycles. The Hall–Kier alpha value is -4.67. The molecule has 2 aromatic heterocycles. The van der Waals surface area contributed by atoms with Crippen LogP contribution in [0.15, 0.2) is 64.8 Å². The summed E-state index contributed by atoms with van der Waals surface area (Å²) in [5.74, 6) is -1.03. The molecule has 0 unspecified atom stereocenters. The summed E-state index contributed by atoms with van der Waals surface area (Å²) in [4.78, 5) is 47.9. The van der Waals surface area contributed by atoms with Crippen molar-refractivity contribution in [3.63, 3.8) is 0 Å². The molecule has 1 aliphatic rings. The van der Waals surface area contributed by atoms with Crippen LogP contribution in [0.4, 0.5) is 10.5 Å². The van der Waals surface area contributed by atoms with Gasteiger partial charge in [0.2, 0.25) is 5.76 Å². The maximum Gasteiger partial charge on any atom is 0.373 e. The van der Waals surface area contributed by atoms with E-state index in [2.05, 4.69) is 10.1 Å². The van der Waals surface area contributed by atoms with Crippen molar-refractivity contribution in [1.29, 1.82) is 0 Å². The van der Waals surface area contributed by atoms with E-state index in [1.54, 1.807) is 35.0 Å². The van der Waals surface area contributed by atoms with Crippen molar-refractivity contribution < 1.29 is 28.5 Å². The highest BCUT2D eigenvalue weighted by Gasteiger charge is 2.34. The van der Waals surface area contributed by atoms with Crippen LogP contribution in [0.5, 0.6) is 0 Å². The van der Waals surface area contributed by atoms with Gasteiger partial charge in [-0.15, -0.1) is 0 Å². The number of esters is 1. The van der Waals surface area contributed by atoms with Gasteiger partial charge in [-0.05, 0) is 42.5 Å². The lowest BCUT2D eigenvalue weighted by molar-refractivity contribution is -0.384. The number of ether oxygens (including phenoxy) is 1. The average molecular weight is 436 g/mol. The summed E-state index contributed by atoms with van der Waals surface area (Å²) in [6, 6.07) is 11.6. The fourth-order valence-corrected chi connectivity index (χ4v) is 3.17. The molecule has 0 bridgehead atoms. The van der Waals surface area contributed by atoms with Gasteiger partial charge in [0, 0.05) is 29.7 Å². The average Bonchev–Trinajstić information content (AvgIpc) is 3.50. The highest BCUT2D eigenvalue weighted by Crippen LogP contribution is 2.22. The van der Waals surface area contributed by atoms with Crippen LogP contribution in [-0.4, -0.2) is 39.4 Å². The Kier molecular flexibility index (Phi) is 5.29. The highest BCUT2D eigenvalue weighted by molar-refractivity contribution is 6.13. The summed E-state index contributed by atoms with van der Waals surface area (Å²) in [5.41, 5.74) is 1.24. The van der Waals surface area contributed by atoms with Crippen molar-refractivity contribution in [2.45, 2.75) is 6.54 Å². The quantitative estimate of drug-likeness (QED) is 0.206. The van der Waals surface area contributed by atoms with Gasteiger partial charge in [0.25, 0.3) is 11.6 Å². The van der Waals surface area contributed by atoms with Gasteiger partial charge in [-0.1, -0.05) is 0 Å². The topological polar surface area (TPSA) is 137 Å². The molecule has 3 aromatic rings. The van der Waals surface area contributed by atoms with E-state index in [4.69, 9.17) is 4.42 Å². The first-order valence-corrected chi connectivity index (χ1v) is 9.31. The van der Waals surface area contributed by atoms with Gasteiger partial charge in [-0.2, -0.15) is 0 Å². The number of nitrogens with one attached hydrogen (secondary N) is 1. The molecule has 0 spiro atoms. The smallest absolute Gasteiger partial charge is 0.373 e. The van der Waals surface area contributed by atoms with Gasteiger partial charge in [0.05, 0.1) is 18.6 Å². The molecule has 1 saturated heterocycles. The predicted molar refractivity (Wildman–Crippen MR) is 110 cm³/mol. The number of nitrogens with zero attached hydrogens (tertiary/aromatic N) is 3. The van der Waals surface area contributed by atoms with E-state index in [1.807, 2.05) is 0 Å². The fourth-order valence-electron chi connectivity index (χ4n) is 3.17. The summed E-state index contributed by atoms with van der Waals surface area (Å²) in [6.07, 6.45) is 3.23. The molecule has 1 aromatic carbocycles. The summed E-state index contributed by atoms with van der Waals surface area (Å²) in [7, 11) is 1.21. The van der Waals surface area contributed by atoms with E-state index in [9.17, 15) is 24.5 Å². The van der Waals surface area contributed by atoms with Gasteiger partial charge >= 0.3 is 12.0 Å². The second-order valence-corrected chi connectivity index (χ2v) is 6.71.